The minimum atomic E-state index is -1.13. The number of aromatic nitrogens is 1. The van der Waals surface area contributed by atoms with E-state index in [0.29, 0.717) is 12.8 Å². The van der Waals surface area contributed by atoms with Crippen LogP contribution in [0.5, 0.6) is 0 Å². The molecule has 1 heterocycles. The van der Waals surface area contributed by atoms with Crippen molar-refractivity contribution in [1.82, 2.24) is 9.88 Å². The van der Waals surface area contributed by atoms with Crippen molar-refractivity contribution in [3.8, 4) is 0 Å². The zero-order chi connectivity index (χ0) is 25.1. The number of halogens is 1. The molecule has 0 bridgehead atoms. The molecular weight excluding hydrogens is 508 g/mol. The molecule has 0 amide bonds. The van der Waals surface area contributed by atoms with Crippen molar-refractivity contribution in [3.63, 3.8) is 0 Å². The summed E-state index contributed by atoms with van der Waals surface area (Å²) >= 11 is 3.57. The maximum Gasteiger partial charge on any atom is 0.100 e. The molecular formula is C32H31BrN2O. The number of aliphatic hydroxyl groups is 1. The molecule has 0 saturated carbocycles. The van der Waals surface area contributed by atoms with E-state index < -0.39 is 5.60 Å². The molecule has 0 fully saturated rings. The summed E-state index contributed by atoms with van der Waals surface area (Å²) in [6.07, 6.45) is 1.27. The second-order valence-corrected chi connectivity index (χ2v) is 10.7. The van der Waals surface area contributed by atoms with E-state index in [9.17, 15) is 5.11 Å². The SMILES string of the molecule is CN(C)CCC(O)(c1cccc2ccccc12)C(Cc1ccccc1)c1ccc2cc(Br)ccc2n1. The predicted octanol–water partition coefficient (Wildman–Crippen LogP) is 7.32. The molecule has 36 heavy (non-hydrogen) atoms. The van der Waals surface area contributed by atoms with Gasteiger partial charge in [-0.2, -0.15) is 0 Å². The summed E-state index contributed by atoms with van der Waals surface area (Å²) in [5.41, 5.74) is 2.85. The molecule has 0 aliphatic rings. The number of fused-ring (bicyclic) bond motifs is 2. The minimum absolute atomic E-state index is 0.237. The highest BCUT2D eigenvalue weighted by atomic mass is 79.9. The molecule has 0 aliphatic carbocycles. The Morgan fingerprint density at radius 2 is 1.58 bits per heavy atom. The number of benzene rings is 4. The highest BCUT2D eigenvalue weighted by molar-refractivity contribution is 9.10. The van der Waals surface area contributed by atoms with Crippen molar-refractivity contribution in [2.45, 2.75) is 24.4 Å². The molecule has 3 nitrogen and oxygen atoms in total. The van der Waals surface area contributed by atoms with E-state index in [-0.39, 0.29) is 5.92 Å². The van der Waals surface area contributed by atoms with Gasteiger partial charge < -0.3 is 10.0 Å². The van der Waals surface area contributed by atoms with Crippen molar-refractivity contribution in [2.24, 2.45) is 0 Å². The smallest absolute Gasteiger partial charge is 0.100 e. The largest absolute Gasteiger partial charge is 0.384 e. The minimum Gasteiger partial charge on any atom is -0.384 e. The molecule has 0 spiro atoms. The van der Waals surface area contributed by atoms with Crippen LogP contribution in [0.2, 0.25) is 0 Å². The van der Waals surface area contributed by atoms with Gasteiger partial charge in [-0.1, -0.05) is 94.8 Å². The van der Waals surface area contributed by atoms with Crippen LogP contribution in [-0.4, -0.2) is 35.6 Å². The monoisotopic (exact) mass is 538 g/mol. The number of nitrogens with zero attached hydrogens (tertiary/aromatic N) is 2. The molecule has 0 aliphatic heterocycles. The Bertz CT molecular complexity index is 1480. The standard InChI is InChI=1S/C32H31BrN2O/c1-35(2)20-19-32(36,28-14-8-12-24-11-6-7-13-27(24)28)29(21-23-9-4-3-5-10-23)31-17-15-25-22-26(33)16-18-30(25)34-31/h3-18,22,29,36H,19-21H2,1-2H3. The fourth-order valence-electron chi connectivity index (χ4n) is 5.17. The second-order valence-electron chi connectivity index (χ2n) is 9.82. The van der Waals surface area contributed by atoms with Gasteiger partial charge in [0, 0.05) is 28.0 Å². The Balaban J connectivity index is 1.72. The molecule has 0 saturated heterocycles. The molecule has 182 valence electrons. The van der Waals surface area contributed by atoms with Crippen LogP contribution >= 0.6 is 15.9 Å². The first-order valence-corrected chi connectivity index (χ1v) is 13.2. The average Bonchev–Trinajstić information content (AvgIpc) is 2.90. The maximum absolute atomic E-state index is 12.8. The third-order valence-corrected chi connectivity index (χ3v) is 7.58. The normalized spacial score (nSPS) is 14.2. The van der Waals surface area contributed by atoms with Gasteiger partial charge in [0.15, 0.2) is 0 Å². The quantitative estimate of drug-likeness (QED) is 0.225. The van der Waals surface area contributed by atoms with Crippen LogP contribution in [0, 0.1) is 0 Å². The van der Waals surface area contributed by atoms with E-state index in [0.717, 1.165) is 44.0 Å². The molecule has 5 aromatic rings. The molecule has 4 aromatic carbocycles. The molecule has 5 rings (SSSR count). The summed E-state index contributed by atoms with van der Waals surface area (Å²) in [6, 6.07) is 35.4. The van der Waals surface area contributed by atoms with E-state index in [1.165, 1.54) is 5.56 Å². The molecule has 1 aromatic heterocycles. The van der Waals surface area contributed by atoms with Crippen LogP contribution in [0.25, 0.3) is 21.7 Å². The lowest BCUT2D eigenvalue weighted by molar-refractivity contribution is -0.00701. The summed E-state index contributed by atoms with van der Waals surface area (Å²) in [4.78, 5) is 7.26. The number of hydrogen-bond acceptors (Lipinski definition) is 3. The fourth-order valence-corrected chi connectivity index (χ4v) is 5.55. The van der Waals surface area contributed by atoms with E-state index in [2.05, 4.69) is 120 Å². The Morgan fingerprint density at radius 1 is 0.833 bits per heavy atom. The summed E-state index contributed by atoms with van der Waals surface area (Å²) in [5, 5.41) is 16.1. The zero-order valence-corrected chi connectivity index (χ0v) is 22.3. The van der Waals surface area contributed by atoms with Crippen LogP contribution < -0.4 is 0 Å². The van der Waals surface area contributed by atoms with Gasteiger partial charge in [-0.25, -0.2) is 0 Å². The van der Waals surface area contributed by atoms with E-state index in [4.69, 9.17) is 4.98 Å². The Labute approximate surface area is 221 Å². The Kier molecular flexibility index (Phi) is 7.20. The van der Waals surface area contributed by atoms with Gasteiger partial charge in [-0.05, 0) is 73.1 Å². The van der Waals surface area contributed by atoms with Crippen molar-refractivity contribution in [3.05, 3.63) is 124 Å². The van der Waals surface area contributed by atoms with Crippen LogP contribution in [0.3, 0.4) is 0 Å². The second kappa shape index (κ2) is 10.5. The molecule has 4 heteroatoms. The van der Waals surface area contributed by atoms with Gasteiger partial charge in [0.25, 0.3) is 0 Å². The number of hydrogen-bond donors (Lipinski definition) is 1. The number of rotatable bonds is 8. The van der Waals surface area contributed by atoms with Crippen LogP contribution in [0.4, 0.5) is 0 Å². The summed E-state index contributed by atoms with van der Waals surface area (Å²) in [6.45, 7) is 0.755. The van der Waals surface area contributed by atoms with E-state index >= 15 is 0 Å². The first-order chi connectivity index (χ1) is 17.4. The van der Waals surface area contributed by atoms with Gasteiger partial charge in [-0.15, -0.1) is 0 Å². The topological polar surface area (TPSA) is 36.4 Å². The highest BCUT2D eigenvalue weighted by Crippen LogP contribution is 2.44. The van der Waals surface area contributed by atoms with Crippen LogP contribution in [0.1, 0.15) is 29.2 Å². The summed E-state index contributed by atoms with van der Waals surface area (Å²) in [7, 11) is 4.11. The first kappa shape index (κ1) is 24.6. The third kappa shape index (κ3) is 5.08. The Morgan fingerprint density at radius 3 is 2.39 bits per heavy atom. The van der Waals surface area contributed by atoms with Crippen molar-refractivity contribution in [1.29, 1.82) is 0 Å². The van der Waals surface area contributed by atoms with Crippen molar-refractivity contribution >= 4 is 37.6 Å². The van der Waals surface area contributed by atoms with E-state index in [1.807, 2.05) is 18.2 Å². The molecule has 2 unspecified atom stereocenters. The maximum atomic E-state index is 12.8. The molecule has 1 N–H and O–H groups in total. The van der Waals surface area contributed by atoms with Gasteiger partial charge in [0.1, 0.15) is 5.60 Å². The number of pyridine rings is 1. The average molecular weight is 540 g/mol. The fraction of sp³-hybridized carbons (Fsp3) is 0.219. The summed E-state index contributed by atoms with van der Waals surface area (Å²) in [5.74, 6) is -0.237. The lowest BCUT2D eigenvalue weighted by Crippen LogP contribution is -2.38. The van der Waals surface area contributed by atoms with Gasteiger partial charge in [0.2, 0.25) is 0 Å². The van der Waals surface area contributed by atoms with Crippen molar-refractivity contribution in [2.75, 3.05) is 20.6 Å². The van der Waals surface area contributed by atoms with Crippen molar-refractivity contribution < 1.29 is 5.11 Å². The first-order valence-electron chi connectivity index (χ1n) is 12.4. The van der Waals surface area contributed by atoms with Gasteiger partial charge >= 0.3 is 0 Å². The molecule has 2 atom stereocenters. The van der Waals surface area contributed by atoms with Gasteiger partial charge in [0.05, 0.1) is 5.52 Å². The molecule has 0 radical (unpaired) electrons. The Hall–Kier alpha value is -3.05. The van der Waals surface area contributed by atoms with Crippen LogP contribution in [0.15, 0.2) is 108 Å². The lowest BCUT2D eigenvalue weighted by Gasteiger charge is -2.38. The summed E-state index contributed by atoms with van der Waals surface area (Å²) < 4.78 is 1.03. The zero-order valence-electron chi connectivity index (χ0n) is 20.7. The van der Waals surface area contributed by atoms with Gasteiger partial charge in [-0.3, -0.25) is 4.98 Å². The lowest BCUT2D eigenvalue weighted by atomic mass is 9.72. The highest BCUT2D eigenvalue weighted by Gasteiger charge is 2.41. The van der Waals surface area contributed by atoms with Crippen LogP contribution in [-0.2, 0) is 12.0 Å². The third-order valence-electron chi connectivity index (χ3n) is 7.09. The predicted molar refractivity (Wildman–Crippen MR) is 153 cm³/mol. The van der Waals surface area contributed by atoms with E-state index in [1.54, 1.807) is 0 Å².